The van der Waals surface area contributed by atoms with E-state index in [9.17, 15) is 0 Å². The van der Waals surface area contributed by atoms with Crippen LogP contribution in [0.15, 0.2) is 84.6 Å². The van der Waals surface area contributed by atoms with Crippen molar-refractivity contribution in [1.82, 2.24) is 0 Å². The molecule has 34 heavy (non-hydrogen) atoms. The summed E-state index contributed by atoms with van der Waals surface area (Å²) in [6.07, 6.45) is 8.62. The summed E-state index contributed by atoms with van der Waals surface area (Å²) in [5, 5.41) is 9.00. The van der Waals surface area contributed by atoms with Crippen molar-refractivity contribution in [1.29, 1.82) is 0 Å². The lowest BCUT2D eigenvalue weighted by atomic mass is 9.99. The van der Waals surface area contributed by atoms with Crippen LogP contribution in [0.3, 0.4) is 0 Å². The fraction of sp³-hybridized carbons (Fsp3) is 0.219. The highest BCUT2D eigenvalue weighted by molar-refractivity contribution is 6.02. The van der Waals surface area contributed by atoms with Crippen LogP contribution in [-0.2, 0) is 12.8 Å². The Bertz CT molecular complexity index is 1520. The monoisotopic (exact) mass is 447 g/mol. The van der Waals surface area contributed by atoms with Gasteiger partial charge in [0.25, 0.3) is 0 Å². The molecule has 0 aliphatic carbocycles. The second kappa shape index (κ2) is 8.95. The molecule has 2 heterocycles. The number of nitrogens with zero attached hydrogens (tertiary/aromatic N) is 1. The summed E-state index contributed by atoms with van der Waals surface area (Å²) in [4.78, 5) is 0. The molecule has 2 heteroatoms. The summed E-state index contributed by atoms with van der Waals surface area (Å²) in [6.45, 7) is 4.31. The maximum Gasteiger partial charge on any atom is 0.209 e. The molecule has 0 amide bonds. The predicted octanol–water partition coefficient (Wildman–Crippen LogP) is 8.26. The van der Waals surface area contributed by atoms with E-state index in [1.807, 2.05) is 0 Å². The summed E-state index contributed by atoms with van der Waals surface area (Å²) in [5.41, 5.74) is 10.6. The van der Waals surface area contributed by atoms with Crippen LogP contribution < -0.4 is 5.32 Å². The second-order valence-corrected chi connectivity index (χ2v) is 9.18. The van der Waals surface area contributed by atoms with Crippen LogP contribution in [0, 0.1) is 13.8 Å². The molecule has 0 bridgehead atoms. The zero-order valence-electron chi connectivity index (χ0n) is 18.9. The average molecular weight is 448 g/mol. The molecule has 2 aliphatic heterocycles. The van der Waals surface area contributed by atoms with Crippen LogP contribution >= 0.6 is 0 Å². The zero-order valence-corrected chi connectivity index (χ0v) is 18.9. The van der Waals surface area contributed by atoms with Gasteiger partial charge in [-0.05, 0) is 59.2 Å². The third-order valence-electron chi connectivity index (χ3n) is 6.95. The highest BCUT2D eigenvalue weighted by atomic mass is 15.0. The highest BCUT2D eigenvalue weighted by Gasteiger charge is 2.27. The Hall–Kier alpha value is -3.65. The lowest BCUT2D eigenvalue weighted by Gasteiger charge is -2.05. The van der Waals surface area contributed by atoms with E-state index in [1.165, 1.54) is 66.6 Å². The number of rotatable bonds is 2. The van der Waals surface area contributed by atoms with Gasteiger partial charge in [-0.1, -0.05) is 74.5 Å². The van der Waals surface area contributed by atoms with Crippen LogP contribution in [0.25, 0.3) is 21.5 Å². The maximum atomic E-state index is 3.61. The van der Waals surface area contributed by atoms with Gasteiger partial charge < -0.3 is 5.32 Å². The number of hydrogen-bond donors (Lipinski definition) is 1. The van der Waals surface area contributed by atoms with Crippen LogP contribution in [0.1, 0.15) is 37.1 Å². The van der Waals surface area contributed by atoms with Crippen LogP contribution in [0.4, 0.5) is 11.4 Å². The molecule has 6 rings (SSSR count). The van der Waals surface area contributed by atoms with Gasteiger partial charge in [-0.25, -0.2) is 0 Å². The number of hydrogen-bond acceptors (Lipinski definition) is 1. The zero-order chi connectivity index (χ0) is 21.8. The molecule has 0 unspecified atom stereocenters. The minimum Gasteiger partial charge on any atom is -0.358 e. The van der Waals surface area contributed by atoms with Gasteiger partial charge in [0.05, 0.1) is 6.42 Å². The molecule has 4 aromatic carbocycles. The summed E-state index contributed by atoms with van der Waals surface area (Å²) in [5.74, 6) is 0. The van der Waals surface area contributed by atoms with Gasteiger partial charge in [0, 0.05) is 35.5 Å². The van der Waals surface area contributed by atoms with E-state index in [1.54, 1.807) is 0 Å². The standard InChI is InChI=1S/C30H26N2.2CH4/c1-19-7-11-25-21(15-19)9-13-29-27(25)17-23(31-29)5-4-6-24-18-28-26-12-8-20(2)16-22(26)10-14-30(28)32(24)3;;/h4-16H,17-18H2,1-3H3;2*1H4/p+1. The van der Waals surface area contributed by atoms with Gasteiger partial charge in [-0.2, -0.15) is 4.58 Å². The summed E-state index contributed by atoms with van der Waals surface area (Å²) in [6, 6.07) is 22.5. The van der Waals surface area contributed by atoms with E-state index >= 15 is 0 Å². The Kier molecular flexibility index (Phi) is 6.18. The van der Waals surface area contributed by atoms with Gasteiger partial charge in [0.2, 0.25) is 5.69 Å². The molecule has 0 saturated heterocycles. The Morgan fingerprint density at radius 3 is 2.12 bits per heavy atom. The molecular formula is C32H35N2+. The number of allylic oxidation sites excluding steroid dienone is 4. The Labute approximate surface area is 204 Å². The molecule has 0 saturated carbocycles. The van der Waals surface area contributed by atoms with Gasteiger partial charge >= 0.3 is 0 Å². The fourth-order valence-corrected chi connectivity index (χ4v) is 5.23. The highest BCUT2D eigenvalue weighted by Crippen LogP contribution is 2.35. The predicted molar refractivity (Wildman–Crippen MR) is 150 cm³/mol. The lowest BCUT2D eigenvalue weighted by Crippen LogP contribution is -2.04. The first-order valence-electron chi connectivity index (χ1n) is 11.4. The van der Waals surface area contributed by atoms with Crippen molar-refractivity contribution in [3.8, 4) is 0 Å². The molecule has 2 nitrogen and oxygen atoms in total. The fourth-order valence-electron chi connectivity index (χ4n) is 5.23. The number of nitrogens with one attached hydrogen (secondary N) is 1. The lowest BCUT2D eigenvalue weighted by molar-refractivity contribution is -0.400. The summed E-state index contributed by atoms with van der Waals surface area (Å²) in [7, 11) is 2.18. The van der Waals surface area contributed by atoms with Gasteiger partial charge in [0.15, 0.2) is 5.71 Å². The molecule has 0 spiro atoms. The largest absolute Gasteiger partial charge is 0.358 e. The molecular weight excluding hydrogens is 412 g/mol. The molecule has 1 N–H and O–H groups in total. The Morgan fingerprint density at radius 2 is 1.41 bits per heavy atom. The van der Waals surface area contributed by atoms with Crippen LogP contribution in [0.2, 0.25) is 0 Å². The van der Waals surface area contributed by atoms with Crippen molar-refractivity contribution in [2.75, 3.05) is 12.4 Å². The third kappa shape index (κ3) is 3.84. The van der Waals surface area contributed by atoms with Crippen LogP contribution in [0.5, 0.6) is 0 Å². The smallest absolute Gasteiger partial charge is 0.209 e. The van der Waals surface area contributed by atoms with Crippen LogP contribution in [-0.4, -0.2) is 17.3 Å². The molecule has 4 aromatic rings. The van der Waals surface area contributed by atoms with Crippen molar-refractivity contribution in [2.45, 2.75) is 41.5 Å². The van der Waals surface area contributed by atoms with Gasteiger partial charge in [0.1, 0.15) is 7.05 Å². The topological polar surface area (TPSA) is 15.0 Å². The van der Waals surface area contributed by atoms with E-state index in [4.69, 9.17) is 0 Å². The minimum absolute atomic E-state index is 0. The molecule has 0 aromatic heterocycles. The van der Waals surface area contributed by atoms with Crippen molar-refractivity contribution < 1.29 is 4.58 Å². The Morgan fingerprint density at radius 1 is 0.765 bits per heavy atom. The van der Waals surface area contributed by atoms with Crippen molar-refractivity contribution in [3.63, 3.8) is 0 Å². The first kappa shape index (κ1) is 23.5. The number of aryl methyl sites for hydroxylation is 2. The quantitative estimate of drug-likeness (QED) is 0.306. The second-order valence-electron chi connectivity index (χ2n) is 9.18. The number of anilines is 1. The molecule has 0 radical (unpaired) electrons. The summed E-state index contributed by atoms with van der Waals surface area (Å²) >= 11 is 0. The van der Waals surface area contributed by atoms with E-state index in [2.05, 4.69) is 110 Å². The summed E-state index contributed by atoms with van der Waals surface area (Å²) < 4.78 is 2.33. The van der Waals surface area contributed by atoms with E-state index < -0.39 is 0 Å². The first-order chi connectivity index (χ1) is 15.6. The SMILES string of the molecule is C.C.Cc1ccc2c3c(ccc2c1)NC(=CC=CC1=[N+](C)c2ccc4cc(C)ccc4c2C1)C3. The molecule has 0 atom stereocenters. The van der Waals surface area contributed by atoms with Gasteiger partial charge in [-0.3, -0.25) is 0 Å². The van der Waals surface area contributed by atoms with E-state index in [-0.39, 0.29) is 14.9 Å². The van der Waals surface area contributed by atoms with Gasteiger partial charge in [-0.15, -0.1) is 0 Å². The number of fused-ring (bicyclic) bond motifs is 6. The third-order valence-corrected chi connectivity index (χ3v) is 6.95. The average Bonchev–Trinajstić information content (AvgIpc) is 3.34. The maximum absolute atomic E-state index is 3.61. The van der Waals surface area contributed by atoms with E-state index in [0.717, 1.165) is 12.8 Å². The normalized spacial score (nSPS) is 15.4. The van der Waals surface area contributed by atoms with E-state index in [0.29, 0.717) is 0 Å². The first-order valence-corrected chi connectivity index (χ1v) is 11.4. The number of benzene rings is 4. The molecule has 0 fully saturated rings. The van der Waals surface area contributed by atoms with Crippen molar-refractivity contribution >= 4 is 38.6 Å². The Balaban J connectivity index is 0.00000137. The minimum atomic E-state index is 0. The van der Waals surface area contributed by atoms with Crippen molar-refractivity contribution in [2.24, 2.45) is 0 Å². The molecule has 2 aliphatic rings. The van der Waals surface area contributed by atoms with Crippen molar-refractivity contribution in [3.05, 3.63) is 107 Å². The molecule has 172 valence electrons.